The third kappa shape index (κ3) is 0.966. The molecule has 0 radical (unpaired) electrons. The highest BCUT2D eigenvalue weighted by atomic mass is 127. The molecule has 0 amide bonds. The molecule has 2 bridgehead atoms. The normalized spacial score (nSPS) is 52.9. The highest BCUT2D eigenvalue weighted by Gasteiger charge is 2.74. The Bertz CT molecular complexity index is 382. The number of esters is 2. The van der Waals surface area contributed by atoms with Gasteiger partial charge in [0.05, 0.1) is 22.4 Å². The van der Waals surface area contributed by atoms with Crippen LogP contribution in [0.4, 0.5) is 0 Å². The van der Waals surface area contributed by atoms with Gasteiger partial charge in [-0.05, 0) is 19.3 Å². The van der Waals surface area contributed by atoms with Crippen molar-refractivity contribution in [1.82, 2.24) is 0 Å². The predicted molar refractivity (Wildman–Crippen MR) is 62.9 cm³/mol. The van der Waals surface area contributed by atoms with E-state index in [-0.39, 0.29) is 39.7 Å². The lowest BCUT2D eigenvalue weighted by atomic mass is 9.68. The van der Waals surface area contributed by atoms with Crippen molar-refractivity contribution in [2.24, 2.45) is 23.2 Å². The van der Waals surface area contributed by atoms with E-state index in [2.05, 4.69) is 22.6 Å². The summed E-state index contributed by atoms with van der Waals surface area (Å²) in [6, 6.07) is 0. The van der Waals surface area contributed by atoms with Gasteiger partial charge in [0.2, 0.25) is 0 Å². The minimum atomic E-state index is -0.635. The second-order valence-electron chi connectivity index (χ2n) is 5.10. The van der Waals surface area contributed by atoms with Crippen LogP contribution in [0.15, 0.2) is 0 Å². The van der Waals surface area contributed by atoms with Crippen LogP contribution in [0.1, 0.15) is 13.3 Å². The number of hydrogen-bond donors (Lipinski definition) is 0. The molecule has 6 atom stereocenters. The standard InChI is InChI=1S/C11H13IO4/c1-11-5-3-4(6(11)9(13)15-2)7(12)8(5)16-10(11)14/h4-8H,3H2,1-2H3/t4-,5-,6+,7-,8+,11-/m0/s1. The molecule has 0 aromatic heterocycles. The first-order valence-electron chi connectivity index (χ1n) is 5.44. The van der Waals surface area contributed by atoms with Crippen molar-refractivity contribution >= 4 is 34.5 Å². The quantitative estimate of drug-likeness (QED) is 0.410. The largest absolute Gasteiger partial charge is 0.469 e. The molecular formula is C11H13IO4. The van der Waals surface area contributed by atoms with Crippen molar-refractivity contribution in [3.05, 3.63) is 0 Å². The van der Waals surface area contributed by atoms with Crippen molar-refractivity contribution in [2.75, 3.05) is 7.11 Å². The molecule has 16 heavy (non-hydrogen) atoms. The fourth-order valence-electron chi connectivity index (χ4n) is 3.83. The molecule has 1 heterocycles. The van der Waals surface area contributed by atoms with Gasteiger partial charge in [0, 0.05) is 5.92 Å². The summed E-state index contributed by atoms with van der Waals surface area (Å²) in [6.07, 6.45) is 0.935. The summed E-state index contributed by atoms with van der Waals surface area (Å²) in [5.74, 6) is -0.334. The number of halogens is 1. The molecule has 0 N–H and O–H groups in total. The zero-order valence-electron chi connectivity index (χ0n) is 9.10. The van der Waals surface area contributed by atoms with Crippen LogP contribution in [0.2, 0.25) is 0 Å². The van der Waals surface area contributed by atoms with Crippen LogP contribution in [-0.2, 0) is 19.1 Å². The third-order valence-electron chi connectivity index (χ3n) is 4.63. The molecule has 4 nitrogen and oxygen atoms in total. The van der Waals surface area contributed by atoms with Gasteiger partial charge in [-0.15, -0.1) is 0 Å². The van der Waals surface area contributed by atoms with Gasteiger partial charge in [-0.1, -0.05) is 22.6 Å². The number of rotatable bonds is 1. The Kier molecular flexibility index (Phi) is 2.10. The molecule has 0 aromatic rings. The lowest BCUT2D eigenvalue weighted by molar-refractivity contribution is -0.159. The van der Waals surface area contributed by atoms with E-state index >= 15 is 0 Å². The molecule has 1 aliphatic heterocycles. The van der Waals surface area contributed by atoms with Gasteiger partial charge in [-0.25, -0.2) is 0 Å². The first-order valence-corrected chi connectivity index (χ1v) is 6.69. The zero-order chi connectivity index (χ0) is 11.7. The molecule has 2 aliphatic carbocycles. The average Bonchev–Trinajstić information content (AvgIpc) is 2.79. The van der Waals surface area contributed by atoms with Crippen LogP contribution >= 0.6 is 22.6 Å². The Morgan fingerprint density at radius 3 is 2.94 bits per heavy atom. The fraction of sp³-hybridized carbons (Fsp3) is 0.818. The van der Waals surface area contributed by atoms with Gasteiger partial charge >= 0.3 is 11.9 Å². The Morgan fingerprint density at radius 1 is 1.62 bits per heavy atom. The van der Waals surface area contributed by atoms with Crippen LogP contribution in [0.5, 0.6) is 0 Å². The monoisotopic (exact) mass is 336 g/mol. The molecule has 0 spiro atoms. The highest BCUT2D eigenvalue weighted by Crippen LogP contribution is 2.66. The molecule has 1 saturated heterocycles. The molecule has 3 rings (SSSR count). The maximum absolute atomic E-state index is 12.0. The predicted octanol–water partition coefficient (Wildman–Crippen LogP) is 1.16. The van der Waals surface area contributed by atoms with E-state index < -0.39 is 5.41 Å². The molecule has 3 aliphatic rings. The minimum Gasteiger partial charge on any atom is -0.469 e. The van der Waals surface area contributed by atoms with E-state index in [0.29, 0.717) is 0 Å². The van der Waals surface area contributed by atoms with Gasteiger partial charge in [-0.2, -0.15) is 0 Å². The summed E-state index contributed by atoms with van der Waals surface area (Å²) >= 11 is 2.31. The minimum absolute atomic E-state index is 0.0176. The third-order valence-corrected chi connectivity index (χ3v) is 6.26. The van der Waals surface area contributed by atoms with Crippen molar-refractivity contribution in [2.45, 2.75) is 23.4 Å². The molecule has 2 saturated carbocycles. The van der Waals surface area contributed by atoms with E-state index in [9.17, 15) is 9.59 Å². The lowest BCUT2D eigenvalue weighted by Gasteiger charge is -2.33. The Morgan fingerprint density at radius 2 is 2.31 bits per heavy atom. The van der Waals surface area contributed by atoms with E-state index in [1.165, 1.54) is 7.11 Å². The van der Waals surface area contributed by atoms with Crippen molar-refractivity contribution < 1.29 is 19.1 Å². The van der Waals surface area contributed by atoms with E-state index in [0.717, 1.165) is 6.42 Å². The van der Waals surface area contributed by atoms with Gasteiger partial charge in [0.1, 0.15) is 6.10 Å². The van der Waals surface area contributed by atoms with Crippen LogP contribution in [0, 0.1) is 23.2 Å². The molecule has 0 aromatic carbocycles. The van der Waals surface area contributed by atoms with Crippen LogP contribution in [0.3, 0.4) is 0 Å². The molecule has 3 fully saturated rings. The van der Waals surface area contributed by atoms with Crippen LogP contribution in [0.25, 0.3) is 0 Å². The second kappa shape index (κ2) is 3.11. The summed E-state index contributed by atoms with van der Waals surface area (Å²) in [6.45, 7) is 1.87. The summed E-state index contributed by atoms with van der Waals surface area (Å²) in [4.78, 5) is 23.8. The Balaban J connectivity index is 2.07. The molecular weight excluding hydrogens is 323 g/mol. The first kappa shape index (κ1) is 10.8. The van der Waals surface area contributed by atoms with E-state index in [4.69, 9.17) is 9.47 Å². The maximum Gasteiger partial charge on any atom is 0.313 e. The lowest BCUT2D eigenvalue weighted by Crippen LogP contribution is -2.45. The summed E-state index contributed by atoms with van der Waals surface area (Å²) in [7, 11) is 1.39. The van der Waals surface area contributed by atoms with E-state index in [1.54, 1.807) is 0 Å². The van der Waals surface area contributed by atoms with E-state index in [1.807, 2.05) is 6.92 Å². The van der Waals surface area contributed by atoms with Crippen molar-refractivity contribution in [3.8, 4) is 0 Å². The van der Waals surface area contributed by atoms with Crippen LogP contribution < -0.4 is 0 Å². The number of fused-ring (bicyclic) bond motifs is 1. The number of alkyl halides is 1. The number of hydrogen-bond acceptors (Lipinski definition) is 4. The number of carbonyl (C=O) groups is 2. The molecule has 0 unspecified atom stereocenters. The first-order chi connectivity index (χ1) is 7.51. The summed E-state index contributed by atoms with van der Waals surface area (Å²) < 4.78 is 10.5. The molecule has 88 valence electrons. The van der Waals surface area contributed by atoms with Gasteiger partial charge in [-0.3, -0.25) is 9.59 Å². The number of carbonyl (C=O) groups excluding carboxylic acids is 2. The second-order valence-corrected chi connectivity index (χ2v) is 6.54. The summed E-state index contributed by atoms with van der Waals surface area (Å²) in [5.41, 5.74) is -0.635. The van der Waals surface area contributed by atoms with Gasteiger partial charge in [0.25, 0.3) is 0 Å². The SMILES string of the molecule is COC(=O)[C@H]1[C@@H]2C[C@H]3[C@@H](OC(=O)[C@@]31C)[C@H]2I. The topological polar surface area (TPSA) is 52.6 Å². The number of methoxy groups -OCH3 is 1. The van der Waals surface area contributed by atoms with Gasteiger partial charge < -0.3 is 9.47 Å². The van der Waals surface area contributed by atoms with Crippen LogP contribution in [-0.4, -0.2) is 29.1 Å². The Hall–Kier alpha value is -0.330. The number of ether oxygens (including phenoxy) is 2. The smallest absolute Gasteiger partial charge is 0.313 e. The average molecular weight is 336 g/mol. The zero-order valence-corrected chi connectivity index (χ0v) is 11.3. The fourth-order valence-corrected chi connectivity index (χ4v) is 5.18. The molecule has 5 heteroatoms. The maximum atomic E-state index is 12.0. The highest BCUT2D eigenvalue weighted by molar-refractivity contribution is 14.1. The van der Waals surface area contributed by atoms with Gasteiger partial charge in [0.15, 0.2) is 0 Å². The van der Waals surface area contributed by atoms with Crippen molar-refractivity contribution in [3.63, 3.8) is 0 Å². The Labute approximate surface area is 107 Å². The summed E-state index contributed by atoms with van der Waals surface area (Å²) in [5, 5.41) is 0. The van der Waals surface area contributed by atoms with Crippen molar-refractivity contribution in [1.29, 1.82) is 0 Å².